The molecule has 16 heavy (non-hydrogen) atoms. The van der Waals surface area contributed by atoms with E-state index in [1.165, 1.54) is 0 Å². The number of hydrogen-bond acceptors (Lipinski definition) is 3. The van der Waals surface area contributed by atoms with Crippen molar-refractivity contribution in [2.24, 2.45) is 5.41 Å². The molecule has 0 unspecified atom stereocenters. The van der Waals surface area contributed by atoms with Crippen molar-refractivity contribution < 1.29 is 14.9 Å². The molecule has 0 bridgehead atoms. The molecule has 0 saturated carbocycles. The van der Waals surface area contributed by atoms with Gasteiger partial charge in [-0.15, -0.1) is 0 Å². The van der Waals surface area contributed by atoms with E-state index in [9.17, 15) is 10.2 Å². The number of phenolic OH excluding ortho intramolecular Hbond substituents is 1. The zero-order valence-electron chi connectivity index (χ0n) is 9.35. The Balaban J connectivity index is 2.11. The van der Waals surface area contributed by atoms with Gasteiger partial charge in [-0.2, -0.15) is 0 Å². The molecule has 1 aliphatic heterocycles. The Morgan fingerprint density at radius 2 is 2.00 bits per heavy atom. The number of rotatable bonds is 3. The van der Waals surface area contributed by atoms with Crippen molar-refractivity contribution in [1.82, 2.24) is 0 Å². The highest BCUT2D eigenvalue weighted by Gasteiger charge is 2.32. The minimum Gasteiger partial charge on any atom is -0.508 e. The lowest BCUT2D eigenvalue weighted by Crippen LogP contribution is -2.35. The molecule has 1 aromatic carbocycles. The van der Waals surface area contributed by atoms with Crippen molar-refractivity contribution in [2.75, 3.05) is 19.8 Å². The van der Waals surface area contributed by atoms with Crippen LogP contribution < -0.4 is 0 Å². The summed E-state index contributed by atoms with van der Waals surface area (Å²) in [5.41, 5.74) is 1.02. The summed E-state index contributed by atoms with van der Waals surface area (Å²) in [6.45, 7) is 1.63. The van der Waals surface area contributed by atoms with Crippen LogP contribution in [-0.2, 0) is 11.2 Å². The van der Waals surface area contributed by atoms with Crippen LogP contribution in [0.2, 0.25) is 0 Å². The quantitative estimate of drug-likeness (QED) is 0.818. The first-order valence-electron chi connectivity index (χ1n) is 5.71. The van der Waals surface area contributed by atoms with Crippen molar-refractivity contribution in [3.05, 3.63) is 29.8 Å². The standard InChI is InChI=1S/C13H18O3/c14-10-13(4-6-16-7-5-13)9-11-2-1-3-12(15)8-11/h1-3,8,14-15H,4-7,9-10H2. The largest absolute Gasteiger partial charge is 0.508 e. The van der Waals surface area contributed by atoms with Crippen LogP contribution in [0.3, 0.4) is 0 Å². The van der Waals surface area contributed by atoms with Gasteiger partial charge in [0, 0.05) is 25.2 Å². The first kappa shape index (κ1) is 11.4. The fraction of sp³-hybridized carbons (Fsp3) is 0.538. The molecule has 0 aliphatic carbocycles. The fourth-order valence-electron chi connectivity index (χ4n) is 2.29. The van der Waals surface area contributed by atoms with Gasteiger partial charge in [0.1, 0.15) is 5.75 Å². The second kappa shape index (κ2) is 4.85. The van der Waals surface area contributed by atoms with Crippen LogP contribution in [0.4, 0.5) is 0 Å². The molecule has 0 radical (unpaired) electrons. The van der Waals surface area contributed by atoms with Crippen molar-refractivity contribution in [2.45, 2.75) is 19.3 Å². The van der Waals surface area contributed by atoms with Gasteiger partial charge < -0.3 is 14.9 Å². The normalized spacial score (nSPS) is 19.6. The highest BCUT2D eigenvalue weighted by Crippen LogP contribution is 2.34. The Kier molecular flexibility index (Phi) is 3.46. The summed E-state index contributed by atoms with van der Waals surface area (Å²) >= 11 is 0. The van der Waals surface area contributed by atoms with E-state index in [1.54, 1.807) is 12.1 Å². The summed E-state index contributed by atoms with van der Waals surface area (Å²) in [5.74, 6) is 0.289. The minimum atomic E-state index is -0.0634. The first-order valence-corrected chi connectivity index (χ1v) is 5.71. The SMILES string of the molecule is OCC1(Cc2cccc(O)c2)CCOCC1. The number of aliphatic hydroxyl groups excluding tert-OH is 1. The van der Waals surface area contributed by atoms with E-state index in [-0.39, 0.29) is 17.8 Å². The third-order valence-electron chi connectivity index (χ3n) is 3.38. The predicted octanol–water partition coefficient (Wildman–Crippen LogP) is 1.72. The monoisotopic (exact) mass is 222 g/mol. The van der Waals surface area contributed by atoms with Crippen LogP contribution in [0, 0.1) is 5.41 Å². The van der Waals surface area contributed by atoms with Gasteiger partial charge in [0.25, 0.3) is 0 Å². The van der Waals surface area contributed by atoms with Crippen molar-refractivity contribution in [3.8, 4) is 5.75 Å². The van der Waals surface area contributed by atoms with Gasteiger partial charge in [0.05, 0.1) is 0 Å². The van der Waals surface area contributed by atoms with E-state index < -0.39 is 0 Å². The summed E-state index contributed by atoms with van der Waals surface area (Å²) in [6.07, 6.45) is 2.58. The molecule has 1 saturated heterocycles. The number of aromatic hydroxyl groups is 1. The molecule has 1 aliphatic rings. The van der Waals surface area contributed by atoms with Crippen LogP contribution in [-0.4, -0.2) is 30.0 Å². The molecule has 1 heterocycles. The molecule has 0 amide bonds. The second-order valence-electron chi connectivity index (χ2n) is 4.62. The Morgan fingerprint density at radius 3 is 2.62 bits per heavy atom. The van der Waals surface area contributed by atoms with E-state index in [2.05, 4.69) is 0 Å². The molecule has 0 aromatic heterocycles. The van der Waals surface area contributed by atoms with Gasteiger partial charge in [-0.3, -0.25) is 0 Å². The van der Waals surface area contributed by atoms with Crippen molar-refractivity contribution in [1.29, 1.82) is 0 Å². The van der Waals surface area contributed by atoms with Crippen molar-refractivity contribution >= 4 is 0 Å². The smallest absolute Gasteiger partial charge is 0.115 e. The molecule has 0 spiro atoms. The number of benzene rings is 1. The molecular formula is C13H18O3. The maximum absolute atomic E-state index is 9.55. The van der Waals surface area contributed by atoms with Crippen LogP contribution in [0.5, 0.6) is 5.75 Å². The first-order chi connectivity index (χ1) is 7.74. The second-order valence-corrected chi connectivity index (χ2v) is 4.62. The molecule has 1 aromatic rings. The molecule has 88 valence electrons. The lowest BCUT2D eigenvalue weighted by molar-refractivity contribution is -0.0157. The zero-order chi connectivity index (χ0) is 11.4. The molecule has 2 rings (SSSR count). The zero-order valence-corrected chi connectivity index (χ0v) is 9.35. The average molecular weight is 222 g/mol. The number of ether oxygens (including phenoxy) is 1. The van der Waals surface area contributed by atoms with Gasteiger partial charge in [0.15, 0.2) is 0 Å². The Bertz CT molecular complexity index is 343. The maximum Gasteiger partial charge on any atom is 0.115 e. The third kappa shape index (κ3) is 2.54. The molecule has 3 heteroatoms. The van der Waals surface area contributed by atoms with E-state index in [4.69, 9.17) is 4.74 Å². The van der Waals surface area contributed by atoms with Gasteiger partial charge in [-0.1, -0.05) is 12.1 Å². The third-order valence-corrected chi connectivity index (χ3v) is 3.38. The summed E-state index contributed by atoms with van der Waals surface area (Å²) in [5, 5.41) is 19.0. The molecule has 2 N–H and O–H groups in total. The number of aliphatic hydroxyl groups is 1. The summed E-state index contributed by atoms with van der Waals surface area (Å²) < 4.78 is 5.33. The van der Waals surface area contributed by atoms with Crippen LogP contribution in [0.1, 0.15) is 18.4 Å². The Labute approximate surface area is 95.7 Å². The lowest BCUT2D eigenvalue weighted by atomic mass is 9.76. The maximum atomic E-state index is 9.55. The number of phenols is 1. The summed E-state index contributed by atoms with van der Waals surface area (Å²) in [4.78, 5) is 0. The summed E-state index contributed by atoms with van der Waals surface area (Å²) in [7, 11) is 0. The van der Waals surface area contributed by atoms with Gasteiger partial charge >= 0.3 is 0 Å². The fourth-order valence-corrected chi connectivity index (χ4v) is 2.29. The van der Waals surface area contributed by atoms with E-state index in [1.807, 2.05) is 12.1 Å². The van der Waals surface area contributed by atoms with Crippen LogP contribution >= 0.6 is 0 Å². The average Bonchev–Trinajstić information content (AvgIpc) is 2.30. The topological polar surface area (TPSA) is 49.7 Å². The molecule has 0 atom stereocenters. The number of hydrogen-bond donors (Lipinski definition) is 2. The highest BCUT2D eigenvalue weighted by molar-refractivity contribution is 5.28. The lowest BCUT2D eigenvalue weighted by Gasteiger charge is -2.35. The van der Waals surface area contributed by atoms with Crippen molar-refractivity contribution in [3.63, 3.8) is 0 Å². The van der Waals surface area contributed by atoms with Crippen LogP contribution in [0.25, 0.3) is 0 Å². The van der Waals surface area contributed by atoms with Gasteiger partial charge in [-0.25, -0.2) is 0 Å². The van der Waals surface area contributed by atoms with Gasteiger partial charge in [-0.05, 0) is 37.0 Å². The van der Waals surface area contributed by atoms with E-state index in [0.29, 0.717) is 0 Å². The van der Waals surface area contributed by atoms with E-state index in [0.717, 1.165) is 38.0 Å². The molecule has 3 nitrogen and oxygen atoms in total. The minimum absolute atomic E-state index is 0.0634. The molecular weight excluding hydrogens is 204 g/mol. The predicted molar refractivity (Wildman–Crippen MR) is 61.4 cm³/mol. The Hall–Kier alpha value is -1.06. The van der Waals surface area contributed by atoms with E-state index >= 15 is 0 Å². The molecule has 1 fully saturated rings. The van der Waals surface area contributed by atoms with Crippen LogP contribution in [0.15, 0.2) is 24.3 Å². The summed E-state index contributed by atoms with van der Waals surface area (Å²) in [6, 6.07) is 7.27. The Morgan fingerprint density at radius 1 is 1.25 bits per heavy atom. The van der Waals surface area contributed by atoms with Gasteiger partial charge in [0.2, 0.25) is 0 Å². The highest BCUT2D eigenvalue weighted by atomic mass is 16.5.